The van der Waals surface area contributed by atoms with Crippen molar-refractivity contribution in [3.63, 3.8) is 0 Å². The number of hydrogen-bond acceptors (Lipinski definition) is 4. The fourth-order valence-corrected chi connectivity index (χ4v) is 3.48. The number of nitrogen functional groups attached to an aromatic ring is 1. The van der Waals surface area contributed by atoms with Gasteiger partial charge in [-0.2, -0.15) is 0 Å². The Hall–Kier alpha value is -0.660. The molecule has 1 atom stereocenters. The van der Waals surface area contributed by atoms with E-state index in [2.05, 4.69) is 39.5 Å². The molecule has 1 aromatic heterocycles. The van der Waals surface area contributed by atoms with Gasteiger partial charge in [0.2, 0.25) is 10.0 Å². The second-order valence-electron chi connectivity index (χ2n) is 5.03. The van der Waals surface area contributed by atoms with E-state index in [1.165, 1.54) is 12.3 Å². The number of rotatable bonds is 6. The maximum atomic E-state index is 12.2. The number of nitrogens with zero attached hydrogens (tertiary/aromatic N) is 1. The van der Waals surface area contributed by atoms with Crippen molar-refractivity contribution < 1.29 is 8.42 Å². The van der Waals surface area contributed by atoms with E-state index in [9.17, 15) is 8.42 Å². The highest BCUT2D eigenvalue weighted by atomic mass is 79.9. The third kappa shape index (κ3) is 5.08. The third-order valence-corrected chi connectivity index (χ3v) is 4.72. The van der Waals surface area contributed by atoms with Gasteiger partial charge in [0.25, 0.3) is 0 Å². The minimum atomic E-state index is -3.63. The van der Waals surface area contributed by atoms with E-state index in [0.717, 1.165) is 12.8 Å². The Kier molecular flexibility index (Phi) is 5.76. The molecule has 108 valence electrons. The molecule has 0 aromatic carbocycles. The molecular formula is C12H20BrN3O2S. The first-order valence-corrected chi connectivity index (χ1v) is 8.43. The Bertz CT molecular complexity index is 532. The molecule has 0 bridgehead atoms. The quantitative estimate of drug-likeness (QED) is 0.826. The summed E-state index contributed by atoms with van der Waals surface area (Å²) in [4.78, 5) is 3.85. The molecule has 1 aromatic rings. The summed E-state index contributed by atoms with van der Waals surface area (Å²) < 4.78 is 27.6. The van der Waals surface area contributed by atoms with Gasteiger partial charge in [0.15, 0.2) is 0 Å². The van der Waals surface area contributed by atoms with Gasteiger partial charge in [-0.1, -0.05) is 13.8 Å². The number of hydrogen-bond donors (Lipinski definition) is 2. The molecule has 7 heteroatoms. The summed E-state index contributed by atoms with van der Waals surface area (Å²) in [6.45, 7) is 6.07. The van der Waals surface area contributed by atoms with E-state index >= 15 is 0 Å². The summed E-state index contributed by atoms with van der Waals surface area (Å²) in [6, 6.07) is 1.32. The zero-order valence-electron chi connectivity index (χ0n) is 11.4. The van der Waals surface area contributed by atoms with Crippen LogP contribution in [0.3, 0.4) is 0 Å². The number of halogens is 1. The van der Waals surface area contributed by atoms with Gasteiger partial charge in [0.1, 0.15) is 10.7 Å². The van der Waals surface area contributed by atoms with Crippen molar-refractivity contribution in [3.8, 4) is 0 Å². The van der Waals surface area contributed by atoms with Crippen molar-refractivity contribution in [2.45, 2.75) is 44.6 Å². The largest absolute Gasteiger partial charge is 0.383 e. The molecule has 1 unspecified atom stereocenters. The Labute approximate surface area is 123 Å². The van der Waals surface area contributed by atoms with E-state index in [1.54, 1.807) is 0 Å². The van der Waals surface area contributed by atoms with Crippen LogP contribution in [-0.4, -0.2) is 19.4 Å². The van der Waals surface area contributed by atoms with Gasteiger partial charge in [0, 0.05) is 16.7 Å². The Morgan fingerprint density at radius 3 is 2.58 bits per heavy atom. The number of sulfonamides is 1. The molecule has 0 saturated heterocycles. The molecule has 0 amide bonds. The first kappa shape index (κ1) is 16.4. The van der Waals surface area contributed by atoms with Crippen LogP contribution in [0.5, 0.6) is 0 Å². The van der Waals surface area contributed by atoms with Crippen molar-refractivity contribution in [2.24, 2.45) is 5.92 Å². The summed E-state index contributed by atoms with van der Waals surface area (Å²) >= 11 is 3.19. The minimum Gasteiger partial charge on any atom is -0.383 e. The van der Waals surface area contributed by atoms with Crippen LogP contribution >= 0.6 is 15.9 Å². The lowest BCUT2D eigenvalue weighted by Gasteiger charge is -2.16. The molecule has 0 fully saturated rings. The fraction of sp³-hybridized carbons (Fsp3) is 0.583. The highest BCUT2D eigenvalue weighted by Crippen LogP contribution is 2.21. The maximum Gasteiger partial charge on any atom is 0.244 e. The monoisotopic (exact) mass is 349 g/mol. The molecule has 0 spiro atoms. The van der Waals surface area contributed by atoms with Crippen LogP contribution in [0.15, 0.2) is 21.6 Å². The van der Waals surface area contributed by atoms with Crippen LogP contribution in [0, 0.1) is 5.92 Å². The number of pyridine rings is 1. The minimum absolute atomic E-state index is 0.00626. The van der Waals surface area contributed by atoms with Crippen LogP contribution in [0.1, 0.15) is 33.6 Å². The molecule has 5 nitrogen and oxygen atoms in total. The predicted octanol–water partition coefficient (Wildman–Crippen LogP) is 2.53. The molecule has 0 aliphatic rings. The van der Waals surface area contributed by atoms with Gasteiger partial charge in [-0.15, -0.1) is 0 Å². The number of nitrogens with one attached hydrogen (secondary N) is 1. The van der Waals surface area contributed by atoms with E-state index in [0.29, 0.717) is 10.4 Å². The molecular weight excluding hydrogens is 330 g/mol. The van der Waals surface area contributed by atoms with E-state index in [-0.39, 0.29) is 16.8 Å². The smallest absolute Gasteiger partial charge is 0.244 e. The predicted molar refractivity (Wildman–Crippen MR) is 80.2 cm³/mol. The molecule has 0 saturated carbocycles. The van der Waals surface area contributed by atoms with Crippen LogP contribution < -0.4 is 10.5 Å². The van der Waals surface area contributed by atoms with Gasteiger partial charge in [-0.25, -0.2) is 18.1 Å². The van der Waals surface area contributed by atoms with Gasteiger partial charge in [0.05, 0.1) is 0 Å². The van der Waals surface area contributed by atoms with Crippen molar-refractivity contribution in [2.75, 3.05) is 5.73 Å². The van der Waals surface area contributed by atoms with Crippen molar-refractivity contribution >= 4 is 31.8 Å². The molecule has 0 radical (unpaired) electrons. The molecule has 1 heterocycles. The van der Waals surface area contributed by atoms with Gasteiger partial charge >= 0.3 is 0 Å². The Balaban J connectivity index is 2.83. The molecule has 1 rings (SSSR count). The highest BCUT2D eigenvalue weighted by molar-refractivity contribution is 9.10. The molecule has 19 heavy (non-hydrogen) atoms. The first-order chi connectivity index (χ1) is 8.72. The lowest BCUT2D eigenvalue weighted by molar-refractivity contribution is 0.485. The summed E-state index contributed by atoms with van der Waals surface area (Å²) in [5, 5.41) is 0. The van der Waals surface area contributed by atoms with Crippen LogP contribution in [0.2, 0.25) is 0 Å². The normalized spacial score (nSPS) is 13.7. The number of anilines is 1. The van der Waals surface area contributed by atoms with Gasteiger partial charge in [-0.3, -0.25) is 0 Å². The topological polar surface area (TPSA) is 85.1 Å². The maximum absolute atomic E-state index is 12.2. The third-order valence-electron chi connectivity index (χ3n) is 2.67. The first-order valence-electron chi connectivity index (χ1n) is 6.15. The second kappa shape index (κ2) is 6.67. The molecule has 0 aliphatic carbocycles. The average molecular weight is 350 g/mol. The van der Waals surface area contributed by atoms with E-state index < -0.39 is 10.0 Å². The highest BCUT2D eigenvalue weighted by Gasteiger charge is 2.21. The van der Waals surface area contributed by atoms with E-state index in [1.807, 2.05) is 6.92 Å². The van der Waals surface area contributed by atoms with Crippen molar-refractivity contribution in [1.82, 2.24) is 9.71 Å². The Morgan fingerprint density at radius 1 is 1.37 bits per heavy atom. The Morgan fingerprint density at radius 2 is 2.00 bits per heavy atom. The second-order valence-corrected chi connectivity index (χ2v) is 7.63. The van der Waals surface area contributed by atoms with Gasteiger partial charge in [-0.05, 0) is 47.7 Å². The lowest BCUT2D eigenvalue weighted by atomic mass is 10.1. The summed E-state index contributed by atoms with van der Waals surface area (Å²) in [6.07, 6.45) is 3.23. The lowest BCUT2D eigenvalue weighted by Crippen LogP contribution is -2.33. The zero-order valence-corrected chi connectivity index (χ0v) is 13.8. The zero-order chi connectivity index (χ0) is 14.6. The van der Waals surface area contributed by atoms with Crippen LogP contribution in [0.25, 0.3) is 0 Å². The standard InChI is InChI=1S/C12H20BrN3O2S/c1-8(2)4-5-9(3)16-19(17,18)11-6-10(13)7-15-12(11)14/h6-9,16H,4-5H2,1-3H3,(H2,14,15). The molecule has 0 aliphatic heterocycles. The SMILES string of the molecule is CC(C)CCC(C)NS(=O)(=O)c1cc(Br)cnc1N. The van der Waals surface area contributed by atoms with Crippen molar-refractivity contribution in [3.05, 3.63) is 16.7 Å². The summed E-state index contributed by atoms with van der Waals surface area (Å²) in [5.74, 6) is 0.552. The van der Waals surface area contributed by atoms with Crippen molar-refractivity contribution in [1.29, 1.82) is 0 Å². The summed E-state index contributed by atoms with van der Waals surface area (Å²) in [7, 11) is -3.63. The van der Waals surface area contributed by atoms with Crippen LogP contribution in [0.4, 0.5) is 5.82 Å². The number of nitrogens with two attached hydrogens (primary N) is 1. The fourth-order valence-electron chi connectivity index (χ4n) is 1.62. The summed E-state index contributed by atoms with van der Waals surface area (Å²) in [5.41, 5.74) is 5.62. The average Bonchev–Trinajstić information content (AvgIpc) is 2.29. The van der Waals surface area contributed by atoms with Crippen LogP contribution in [-0.2, 0) is 10.0 Å². The number of aromatic nitrogens is 1. The van der Waals surface area contributed by atoms with Gasteiger partial charge < -0.3 is 5.73 Å². The van der Waals surface area contributed by atoms with E-state index in [4.69, 9.17) is 5.73 Å². The molecule has 3 N–H and O–H groups in total.